The molecule has 0 spiro atoms. The molecule has 12 heavy (non-hydrogen) atoms. The van der Waals surface area contributed by atoms with Crippen LogP contribution in [0.3, 0.4) is 0 Å². The highest BCUT2D eigenvalue weighted by molar-refractivity contribution is 5.13. The lowest BCUT2D eigenvalue weighted by molar-refractivity contribution is -0.0410. The molecule has 0 N–H and O–H groups in total. The van der Waals surface area contributed by atoms with Crippen molar-refractivity contribution >= 4 is 0 Å². The van der Waals surface area contributed by atoms with E-state index in [1.54, 1.807) is 0 Å². The zero-order valence-corrected chi connectivity index (χ0v) is 7.58. The molecule has 1 aliphatic rings. The van der Waals surface area contributed by atoms with Gasteiger partial charge in [-0.25, -0.2) is 0 Å². The monoisotopic (exact) mass is 166 g/mol. The van der Waals surface area contributed by atoms with Crippen LogP contribution in [0.2, 0.25) is 0 Å². The number of nitrogens with zero attached hydrogens (tertiary/aromatic N) is 2. The summed E-state index contributed by atoms with van der Waals surface area (Å²) in [6.45, 7) is 7.02. The maximum absolute atomic E-state index is 5.11. The summed E-state index contributed by atoms with van der Waals surface area (Å²) in [5.41, 5.74) is 2.55. The molecule has 0 amide bonds. The fourth-order valence-corrected chi connectivity index (χ4v) is 1.36. The van der Waals surface area contributed by atoms with E-state index in [1.165, 1.54) is 11.3 Å². The van der Waals surface area contributed by atoms with Crippen LogP contribution in [-0.2, 0) is 11.3 Å². The second-order valence-corrected chi connectivity index (χ2v) is 3.50. The first-order valence-corrected chi connectivity index (χ1v) is 4.34. The van der Waals surface area contributed by atoms with Gasteiger partial charge in [0.25, 0.3) is 0 Å². The summed E-state index contributed by atoms with van der Waals surface area (Å²) in [4.78, 5) is 0. The van der Waals surface area contributed by atoms with Gasteiger partial charge in [0.05, 0.1) is 19.4 Å². The molecule has 66 valence electrons. The van der Waals surface area contributed by atoms with Crippen molar-refractivity contribution < 1.29 is 4.74 Å². The van der Waals surface area contributed by atoms with Gasteiger partial charge in [0, 0.05) is 18.2 Å². The van der Waals surface area contributed by atoms with Gasteiger partial charge in [0.1, 0.15) is 0 Å². The van der Waals surface area contributed by atoms with Crippen LogP contribution in [-0.4, -0.2) is 23.0 Å². The van der Waals surface area contributed by atoms with Gasteiger partial charge in [0.15, 0.2) is 0 Å². The van der Waals surface area contributed by atoms with Crippen molar-refractivity contribution in [2.75, 3.05) is 13.2 Å². The molecular formula is C9H14N2O. The molecule has 0 bridgehead atoms. The summed E-state index contributed by atoms with van der Waals surface area (Å²) >= 11 is 0. The Morgan fingerprint density at radius 1 is 1.58 bits per heavy atom. The zero-order valence-electron chi connectivity index (χ0n) is 7.58. The van der Waals surface area contributed by atoms with Gasteiger partial charge < -0.3 is 4.74 Å². The molecule has 0 aromatic carbocycles. The van der Waals surface area contributed by atoms with Crippen LogP contribution >= 0.6 is 0 Å². The predicted octanol–water partition coefficient (Wildman–Crippen LogP) is 1.15. The number of aromatic nitrogens is 2. The third kappa shape index (κ3) is 1.25. The largest absolute Gasteiger partial charge is 0.381 e. The molecule has 3 heteroatoms. The second-order valence-electron chi connectivity index (χ2n) is 3.50. The van der Waals surface area contributed by atoms with Crippen LogP contribution in [0, 0.1) is 19.8 Å². The van der Waals surface area contributed by atoms with Gasteiger partial charge in [0.2, 0.25) is 0 Å². The minimum absolute atomic E-state index is 0.683. The topological polar surface area (TPSA) is 27.1 Å². The first kappa shape index (κ1) is 7.80. The molecule has 2 rings (SSSR count). The van der Waals surface area contributed by atoms with E-state index in [-0.39, 0.29) is 0 Å². The van der Waals surface area contributed by atoms with E-state index in [0.717, 1.165) is 19.8 Å². The predicted molar refractivity (Wildman–Crippen MR) is 46.0 cm³/mol. The van der Waals surface area contributed by atoms with E-state index in [2.05, 4.69) is 23.6 Å². The number of aryl methyl sites for hydroxylation is 1. The van der Waals surface area contributed by atoms with Crippen molar-refractivity contribution in [3.63, 3.8) is 0 Å². The Kier molecular flexibility index (Phi) is 1.89. The Labute approximate surface area is 72.3 Å². The number of hydrogen-bond acceptors (Lipinski definition) is 2. The normalized spacial score (nSPS) is 17.8. The Bertz CT molecular complexity index is 276. The van der Waals surface area contributed by atoms with Crippen molar-refractivity contribution in [2.45, 2.75) is 20.4 Å². The van der Waals surface area contributed by atoms with E-state index >= 15 is 0 Å². The quantitative estimate of drug-likeness (QED) is 0.659. The van der Waals surface area contributed by atoms with Crippen LogP contribution in [0.5, 0.6) is 0 Å². The van der Waals surface area contributed by atoms with Gasteiger partial charge >= 0.3 is 0 Å². The molecule has 2 heterocycles. The average Bonchev–Trinajstić information content (AvgIpc) is 2.27. The van der Waals surface area contributed by atoms with Crippen LogP contribution in [0.25, 0.3) is 0 Å². The highest BCUT2D eigenvalue weighted by atomic mass is 16.5. The van der Waals surface area contributed by atoms with E-state index in [1.807, 2.05) is 6.20 Å². The first-order chi connectivity index (χ1) is 5.77. The Balaban J connectivity index is 2.06. The molecule has 0 saturated carbocycles. The number of ether oxygens (including phenoxy) is 1. The van der Waals surface area contributed by atoms with Crippen LogP contribution in [0.4, 0.5) is 0 Å². The summed E-state index contributed by atoms with van der Waals surface area (Å²) in [6.07, 6.45) is 1.93. The molecule has 1 aromatic heterocycles. The third-order valence-corrected chi connectivity index (χ3v) is 2.49. The summed E-state index contributed by atoms with van der Waals surface area (Å²) in [5.74, 6) is 0.683. The molecule has 0 radical (unpaired) electrons. The lowest BCUT2D eigenvalue weighted by atomic mass is 10.1. The van der Waals surface area contributed by atoms with E-state index < -0.39 is 0 Å². The molecule has 1 saturated heterocycles. The van der Waals surface area contributed by atoms with Gasteiger partial charge in [-0.1, -0.05) is 0 Å². The van der Waals surface area contributed by atoms with Crippen LogP contribution in [0.1, 0.15) is 11.3 Å². The SMILES string of the molecule is Cc1cnn(CC2COC2)c1C. The van der Waals surface area contributed by atoms with Crippen molar-refractivity contribution in [3.8, 4) is 0 Å². The zero-order chi connectivity index (χ0) is 8.55. The van der Waals surface area contributed by atoms with Gasteiger partial charge in [-0.15, -0.1) is 0 Å². The molecular weight excluding hydrogens is 152 g/mol. The molecule has 1 fully saturated rings. The lowest BCUT2D eigenvalue weighted by Gasteiger charge is -2.26. The van der Waals surface area contributed by atoms with Gasteiger partial charge in [-0.3, -0.25) is 4.68 Å². The van der Waals surface area contributed by atoms with E-state index in [9.17, 15) is 0 Å². The minimum Gasteiger partial charge on any atom is -0.381 e. The van der Waals surface area contributed by atoms with Crippen molar-refractivity contribution in [2.24, 2.45) is 5.92 Å². The smallest absolute Gasteiger partial charge is 0.0534 e. The first-order valence-electron chi connectivity index (χ1n) is 4.34. The number of hydrogen-bond donors (Lipinski definition) is 0. The van der Waals surface area contributed by atoms with Crippen molar-refractivity contribution in [1.29, 1.82) is 0 Å². The van der Waals surface area contributed by atoms with Crippen LogP contribution < -0.4 is 0 Å². The highest BCUT2D eigenvalue weighted by Crippen LogP contribution is 2.14. The van der Waals surface area contributed by atoms with Crippen molar-refractivity contribution in [3.05, 3.63) is 17.5 Å². The number of rotatable bonds is 2. The Morgan fingerprint density at radius 2 is 2.33 bits per heavy atom. The van der Waals surface area contributed by atoms with E-state index in [4.69, 9.17) is 4.74 Å². The standard InChI is InChI=1S/C9H14N2O/c1-7-3-10-11(8(7)2)4-9-5-12-6-9/h3,9H,4-6H2,1-2H3. The van der Waals surface area contributed by atoms with Crippen molar-refractivity contribution in [1.82, 2.24) is 9.78 Å². The summed E-state index contributed by atoms with van der Waals surface area (Å²) in [5, 5.41) is 4.30. The Morgan fingerprint density at radius 3 is 2.75 bits per heavy atom. The second kappa shape index (κ2) is 2.90. The fraction of sp³-hybridized carbons (Fsp3) is 0.667. The maximum Gasteiger partial charge on any atom is 0.0534 e. The third-order valence-electron chi connectivity index (χ3n) is 2.49. The molecule has 1 aromatic rings. The summed E-state index contributed by atoms with van der Waals surface area (Å²) in [7, 11) is 0. The molecule has 1 aliphatic heterocycles. The molecule has 0 aliphatic carbocycles. The molecule has 0 atom stereocenters. The van der Waals surface area contributed by atoms with Gasteiger partial charge in [-0.2, -0.15) is 5.10 Å². The Hall–Kier alpha value is -0.830. The average molecular weight is 166 g/mol. The lowest BCUT2D eigenvalue weighted by Crippen LogP contribution is -2.32. The maximum atomic E-state index is 5.11. The minimum atomic E-state index is 0.683. The highest BCUT2D eigenvalue weighted by Gasteiger charge is 2.19. The van der Waals surface area contributed by atoms with Gasteiger partial charge in [-0.05, 0) is 19.4 Å². The fourth-order valence-electron chi connectivity index (χ4n) is 1.36. The molecule has 0 unspecified atom stereocenters. The molecule has 3 nitrogen and oxygen atoms in total. The van der Waals surface area contributed by atoms with E-state index in [0.29, 0.717) is 5.92 Å². The summed E-state index contributed by atoms with van der Waals surface area (Å²) < 4.78 is 7.18. The van der Waals surface area contributed by atoms with Crippen LogP contribution in [0.15, 0.2) is 6.20 Å². The summed E-state index contributed by atoms with van der Waals surface area (Å²) in [6, 6.07) is 0.